The first kappa shape index (κ1) is 18.0. The number of carbonyl (C=O) groups is 1. The van der Waals surface area contributed by atoms with Gasteiger partial charge in [0.15, 0.2) is 0 Å². The molecule has 144 valence electrons. The van der Waals surface area contributed by atoms with Gasteiger partial charge in [0.25, 0.3) is 0 Å². The van der Waals surface area contributed by atoms with Crippen molar-refractivity contribution in [1.29, 1.82) is 0 Å². The van der Waals surface area contributed by atoms with E-state index in [4.69, 9.17) is 4.98 Å². The van der Waals surface area contributed by atoms with E-state index in [0.717, 1.165) is 17.1 Å². The number of anilines is 1. The maximum Gasteiger partial charge on any atom is 0.320 e. The number of hydrogen-bond donors (Lipinski definition) is 3. The third-order valence-corrected chi connectivity index (χ3v) is 5.92. The first-order chi connectivity index (χ1) is 13.2. The largest absolute Gasteiger partial charge is 0.360 e. The molecule has 6 nitrogen and oxygen atoms in total. The number of aromatic amines is 1. The highest BCUT2D eigenvalue weighted by Gasteiger charge is 2.32. The number of aromatic nitrogens is 2. The molecule has 2 saturated heterocycles. The number of H-pyrrole nitrogens is 1. The number of piperidine rings is 2. The Morgan fingerprint density at radius 3 is 3.15 bits per heavy atom. The van der Waals surface area contributed by atoms with Crippen molar-refractivity contribution in [3.05, 3.63) is 36.0 Å². The first-order valence-corrected chi connectivity index (χ1v) is 10.1. The van der Waals surface area contributed by atoms with Gasteiger partial charge in [-0.3, -0.25) is 5.32 Å². The predicted molar refractivity (Wildman–Crippen MR) is 109 cm³/mol. The van der Waals surface area contributed by atoms with Gasteiger partial charge in [0.2, 0.25) is 0 Å². The zero-order chi connectivity index (χ0) is 18.6. The van der Waals surface area contributed by atoms with Crippen molar-refractivity contribution < 1.29 is 4.79 Å². The van der Waals surface area contributed by atoms with E-state index in [-0.39, 0.29) is 6.03 Å². The smallest absolute Gasteiger partial charge is 0.320 e. The Bertz CT molecular complexity index is 827. The van der Waals surface area contributed by atoms with Crippen LogP contribution in [0.4, 0.5) is 10.6 Å². The lowest BCUT2D eigenvalue weighted by Gasteiger charge is -2.42. The van der Waals surface area contributed by atoms with Gasteiger partial charge in [0.05, 0.1) is 11.0 Å². The van der Waals surface area contributed by atoms with Crippen LogP contribution in [-0.4, -0.2) is 46.6 Å². The molecule has 0 bridgehead atoms. The zero-order valence-corrected chi connectivity index (χ0v) is 16.0. The van der Waals surface area contributed by atoms with Crippen LogP contribution in [0.1, 0.15) is 50.5 Å². The number of fused-ring (bicyclic) bond motifs is 2. The van der Waals surface area contributed by atoms with Crippen molar-refractivity contribution in [3.8, 4) is 0 Å². The van der Waals surface area contributed by atoms with E-state index in [1.165, 1.54) is 50.8 Å². The summed E-state index contributed by atoms with van der Waals surface area (Å²) in [5, 5.41) is 5.63. The van der Waals surface area contributed by atoms with Crippen molar-refractivity contribution in [1.82, 2.24) is 20.2 Å². The van der Waals surface area contributed by atoms with Gasteiger partial charge in [-0.1, -0.05) is 18.6 Å². The second kappa shape index (κ2) is 8.13. The van der Waals surface area contributed by atoms with Crippen LogP contribution in [-0.2, 0) is 0 Å². The summed E-state index contributed by atoms with van der Waals surface area (Å²) < 4.78 is 0. The van der Waals surface area contributed by atoms with Crippen LogP contribution in [0.25, 0.3) is 11.0 Å². The average Bonchev–Trinajstić information content (AvgIpc) is 3.11. The molecule has 2 amide bonds. The fourth-order valence-electron chi connectivity index (χ4n) is 4.50. The predicted octanol–water partition coefficient (Wildman–Crippen LogP) is 3.99. The summed E-state index contributed by atoms with van der Waals surface area (Å²) >= 11 is 0. The minimum atomic E-state index is -0.229. The van der Waals surface area contributed by atoms with E-state index in [1.54, 1.807) is 0 Å². The number of rotatable bonds is 4. The van der Waals surface area contributed by atoms with Gasteiger partial charge < -0.3 is 15.2 Å². The molecule has 2 aromatic rings. The van der Waals surface area contributed by atoms with E-state index >= 15 is 0 Å². The van der Waals surface area contributed by atoms with Crippen molar-refractivity contribution in [2.75, 3.05) is 25.0 Å². The number of nitrogens with one attached hydrogen (secondary N) is 3. The Kier molecular flexibility index (Phi) is 5.43. The maximum absolute atomic E-state index is 12.0. The molecule has 0 radical (unpaired) electrons. The highest BCUT2D eigenvalue weighted by atomic mass is 16.2. The highest BCUT2D eigenvalue weighted by molar-refractivity contribution is 5.90. The van der Waals surface area contributed by atoms with Crippen LogP contribution < -0.4 is 10.6 Å². The van der Waals surface area contributed by atoms with Crippen LogP contribution >= 0.6 is 0 Å². The van der Waals surface area contributed by atoms with E-state index in [0.29, 0.717) is 18.3 Å². The molecule has 4 heterocycles. The zero-order valence-electron chi connectivity index (χ0n) is 16.0. The molecule has 0 saturated carbocycles. The lowest BCUT2D eigenvalue weighted by Crippen LogP contribution is -2.44. The molecule has 2 aromatic heterocycles. The number of pyridine rings is 1. The van der Waals surface area contributed by atoms with Gasteiger partial charge in [0.1, 0.15) is 5.82 Å². The standard InChI is InChI=1S/C21H29N5O/c1-2-3-10-22-21(27)25-19-8-7-18-20(24-19)17(14-23-18)15-9-12-26-11-5-4-6-16(26)13-15/h2-3,7-8,14-16,23H,4-6,9-13H2,1H3,(H2,22,24,25,27). The summed E-state index contributed by atoms with van der Waals surface area (Å²) in [7, 11) is 0. The van der Waals surface area contributed by atoms with Crippen molar-refractivity contribution in [3.63, 3.8) is 0 Å². The fraction of sp³-hybridized carbons (Fsp3) is 0.524. The molecule has 2 aliphatic heterocycles. The molecule has 0 aromatic carbocycles. The van der Waals surface area contributed by atoms with E-state index in [9.17, 15) is 4.79 Å². The van der Waals surface area contributed by atoms with Gasteiger partial charge in [-0.2, -0.15) is 0 Å². The minimum Gasteiger partial charge on any atom is -0.360 e. The lowest BCUT2D eigenvalue weighted by molar-refractivity contribution is 0.0977. The second-order valence-corrected chi connectivity index (χ2v) is 7.65. The number of carbonyl (C=O) groups excluding carboxylic acids is 1. The molecule has 2 atom stereocenters. The Labute approximate surface area is 160 Å². The summed E-state index contributed by atoms with van der Waals surface area (Å²) in [6.45, 7) is 4.90. The highest BCUT2D eigenvalue weighted by Crippen LogP contribution is 2.38. The molecule has 4 rings (SSSR count). The Hall–Kier alpha value is -2.34. The SMILES string of the molecule is CC=CCNC(=O)Nc1ccc2[nH]cc(C3CCN4CCCCC4C3)c2n1. The summed E-state index contributed by atoms with van der Waals surface area (Å²) in [4.78, 5) is 22.8. The molecule has 6 heteroatoms. The van der Waals surface area contributed by atoms with Crippen LogP contribution in [0.2, 0.25) is 0 Å². The van der Waals surface area contributed by atoms with Crippen LogP contribution in [0, 0.1) is 0 Å². The molecule has 0 spiro atoms. The maximum atomic E-state index is 12.0. The van der Waals surface area contributed by atoms with Gasteiger partial charge in [-0.25, -0.2) is 9.78 Å². The molecule has 2 aliphatic rings. The van der Waals surface area contributed by atoms with Gasteiger partial charge in [0, 0.05) is 18.8 Å². The summed E-state index contributed by atoms with van der Waals surface area (Å²) in [6.07, 6.45) is 12.4. The lowest BCUT2D eigenvalue weighted by atomic mass is 9.82. The number of amides is 2. The van der Waals surface area contributed by atoms with Crippen molar-refractivity contribution in [2.45, 2.75) is 51.0 Å². The van der Waals surface area contributed by atoms with E-state index < -0.39 is 0 Å². The molecular formula is C21H29N5O. The van der Waals surface area contributed by atoms with Crippen molar-refractivity contribution in [2.24, 2.45) is 0 Å². The summed E-state index contributed by atoms with van der Waals surface area (Å²) in [6, 6.07) is 4.35. The molecule has 0 aliphatic carbocycles. The van der Waals surface area contributed by atoms with Gasteiger partial charge in [-0.05, 0) is 69.3 Å². The minimum absolute atomic E-state index is 0.229. The molecule has 27 heavy (non-hydrogen) atoms. The van der Waals surface area contributed by atoms with Gasteiger partial charge in [-0.15, -0.1) is 0 Å². The quantitative estimate of drug-likeness (QED) is 0.715. The van der Waals surface area contributed by atoms with Crippen LogP contribution in [0.3, 0.4) is 0 Å². The van der Waals surface area contributed by atoms with Crippen LogP contribution in [0.5, 0.6) is 0 Å². The monoisotopic (exact) mass is 367 g/mol. The van der Waals surface area contributed by atoms with E-state index in [2.05, 4.69) is 26.7 Å². The Morgan fingerprint density at radius 1 is 1.33 bits per heavy atom. The Balaban J connectivity index is 1.49. The van der Waals surface area contributed by atoms with Crippen LogP contribution in [0.15, 0.2) is 30.5 Å². The molecule has 3 N–H and O–H groups in total. The third-order valence-electron chi connectivity index (χ3n) is 5.92. The third kappa shape index (κ3) is 4.00. The molecule has 2 unspecified atom stereocenters. The average molecular weight is 367 g/mol. The van der Waals surface area contributed by atoms with Gasteiger partial charge >= 0.3 is 6.03 Å². The number of nitrogens with zero attached hydrogens (tertiary/aromatic N) is 2. The summed E-state index contributed by atoms with van der Waals surface area (Å²) in [5.41, 5.74) is 3.33. The second-order valence-electron chi connectivity index (χ2n) is 7.65. The fourth-order valence-corrected chi connectivity index (χ4v) is 4.50. The first-order valence-electron chi connectivity index (χ1n) is 10.1. The normalized spacial score (nSPS) is 23.4. The number of urea groups is 1. The summed E-state index contributed by atoms with van der Waals surface area (Å²) in [5.74, 6) is 1.14. The van der Waals surface area contributed by atoms with E-state index in [1.807, 2.05) is 31.2 Å². The molecular weight excluding hydrogens is 338 g/mol. The topological polar surface area (TPSA) is 73.1 Å². The number of hydrogen-bond acceptors (Lipinski definition) is 3. The van der Waals surface area contributed by atoms with Crippen molar-refractivity contribution >= 4 is 22.9 Å². The Morgan fingerprint density at radius 2 is 2.26 bits per heavy atom. The molecule has 2 fully saturated rings. The number of allylic oxidation sites excluding steroid dienone is 1.